The van der Waals surface area contributed by atoms with Crippen LogP contribution in [0.4, 0.5) is 13.2 Å². The number of ether oxygens (including phenoxy) is 1. The highest BCUT2D eigenvalue weighted by Crippen LogP contribution is 2.45. The molecule has 5 rings (SSSR count). The molecular weight excluding hydrogens is 541 g/mol. The lowest BCUT2D eigenvalue weighted by Crippen LogP contribution is -2.53. The number of thiophene rings is 1. The first-order valence-electron chi connectivity index (χ1n) is 11.8. The van der Waals surface area contributed by atoms with Crippen molar-refractivity contribution < 1.29 is 17.9 Å². The molecule has 0 saturated heterocycles. The summed E-state index contributed by atoms with van der Waals surface area (Å²) in [7, 11) is 0. The Labute approximate surface area is 224 Å². The third kappa shape index (κ3) is 5.23. The first kappa shape index (κ1) is 26.5. The number of rotatable bonds is 6. The summed E-state index contributed by atoms with van der Waals surface area (Å²) in [6.45, 7) is 2.26. The Kier molecular flexibility index (Phi) is 6.65. The summed E-state index contributed by atoms with van der Waals surface area (Å²) in [5.41, 5.74) is 6.93. The standard InChI is InChI=1S/C26H24ClF3N4O3S/c1-14-7-15(27)8-19(22(14)37-25(2)10-16(31)11-25)18-3-5-32-20-9-17(38-23(18)20)12-34-21(35)4-6-33(24(34)36)13-26(28,29)30/h3-9,16H,10-13,31H2,1-2H3. The molecule has 0 atom stereocenters. The molecule has 3 aromatic heterocycles. The minimum Gasteiger partial charge on any atom is -0.487 e. The Bertz CT molecular complexity index is 1650. The molecule has 4 aromatic rings. The quantitative estimate of drug-likeness (QED) is 0.351. The van der Waals surface area contributed by atoms with Gasteiger partial charge in [0.15, 0.2) is 0 Å². The van der Waals surface area contributed by atoms with Crippen molar-refractivity contribution in [2.45, 2.75) is 57.6 Å². The largest absolute Gasteiger partial charge is 0.487 e. The highest BCUT2D eigenvalue weighted by atomic mass is 35.5. The predicted molar refractivity (Wildman–Crippen MR) is 141 cm³/mol. The number of aromatic nitrogens is 3. The fourth-order valence-electron chi connectivity index (χ4n) is 4.89. The van der Waals surface area contributed by atoms with Crippen LogP contribution in [0.25, 0.3) is 21.3 Å². The fraction of sp³-hybridized carbons (Fsp3) is 0.346. The Balaban J connectivity index is 1.56. The molecule has 1 aliphatic carbocycles. The number of nitrogens with zero attached hydrogens (tertiary/aromatic N) is 3. The van der Waals surface area contributed by atoms with Gasteiger partial charge in [-0.3, -0.25) is 18.9 Å². The van der Waals surface area contributed by atoms with Crippen LogP contribution < -0.4 is 21.7 Å². The minimum atomic E-state index is -4.60. The number of halogens is 4. The number of fused-ring (bicyclic) bond motifs is 1. The molecule has 200 valence electrons. The van der Waals surface area contributed by atoms with Crippen LogP contribution in [0.15, 0.2) is 52.3 Å². The Hall–Kier alpha value is -3.15. The summed E-state index contributed by atoms with van der Waals surface area (Å²) in [4.78, 5) is 30.1. The van der Waals surface area contributed by atoms with Crippen molar-refractivity contribution in [3.63, 3.8) is 0 Å². The van der Waals surface area contributed by atoms with E-state index in [9.17, 15) is 22.8 Å². The van der Waals surface area contributed by atoms with Crippen molar-refractivity contribution in [1.29, 1.82) is 0 Å². The topological polar surface area (TPSA) is 92.1 Å². The van der Waals surface area contributed by atoms with Gasteiger partial charge in [-0.25, -0.2) is 4.79 Å². The van der Waals surface area contributed by atoms with Crippen LogP contribution in [0.3, 0.4) is 0 Å². The average Bonchev–Trinajstić information content (AvgIpc) is 3.21. The minimum absolute atomic E-state index is 0.0886. The van der Waals surface area contributed by atoms with Gasteiger partial charge >= 0.3 is 11.9 Å². The van der Waals surface area contributed by atoms with E-state index in [0.717, 1.165) is 51.1 Å². The molecule has 3 heterocycles. The molecule has 7 nitrogen and oxygen atoms in total. The van der Waals surface area contributed by atoms with Crippen LogP contribution in [0.5, 0.6) is 5.75 Å². The molecule has 12 heteroatoms. The second-order valence-electron chi connectivity index (χ2n) is 9.87. The SMILES string of the molecule is Cc1cc(Cl)cc(-c2ccnc3cc(Cn4c(=O)ccn(CC(F)(F)F)c4=O)sc23)c1OC1(C)CC(N)C1. The maximum absolute atomic E-state index is 12.9. The van der Waals surface area contributed by atoms with E-state index in [2.05, 4.69) is 4.98 Å². The van der Waals surface area contributed by atoms with E-state index in [1.54, 1.807) is 12.3 Å². The van der Waals surface area contributed by atoms with Gasteiger partial charge in [-0.1, -0.05) is 11.6 Å². The number of alkyl halides is 3. The van der Waals surface area contributed by atoms with E-state index in [4.69, 9.17) is 22.1 Å². The van der Waals surface area contributed by atoms with E-state index in [1.165, 1.54) is 11.3 Å². The zero-order valence-corrected chi connectivity index (χ0v) is 22.1. The predicted octanol–water partition coefficient (Wildman–Crippen LogP) is 5.12. The van der Waals surface area contributed by atoms with Gasteiger partial charge in [-0.15, -0.1) is 11.3 Å². The molecule has 0 aliphatic heterocycles. The lowest BCUT2D eigenvalue weighted by Gasteiger charge is -2.44. The van der Waals surface area contributed by atoms with Crippen molar-refractivity contribution in [3.8, 4) is 16.9 Å². The molecule has 1 saturated carbocycles. The van der Waals surface area contributed by atoms with Crippen LogP contribution in [-0.4, -0.2) is 31.9 Å². The third-order valence-electron chi connectivity index (χ3n) is 6.53. The number of benzene rings is 1. The molecule has 0 amide bonds. The van der Waals surface area contributed by atoms with E-state index >= 15 is 0 Å². The molecule has 0 unspecified atom stereocenters. The molecule has 0 radical (unpaired) electrons. The smallest absolute Gasteiger partial charge is 0.406 e. The van der Waals surface area contributed by atoms with Crippen LogP contribution >= 0.6 is 22.9 Å². The van der Waals surface area contributed by atoms with Gasteiger partial charge in [-0.2, -0.15) is 13.2 Å². The molecule has 0 bridgehead atoms. The Morgan fingerprint density at radius 2 is 1.95 bits per heavy atom. The fourth-order valence-corrected chi connectivity index (χ4v) is 6.30. The maximum Gasteiger partial charge on any atom is 0.406 e. The first-order valence-corrected chi connectivity index (χ1v) is 13.0. The molecule has 38 heavy (non-hydrogen) atoms. The second-order valence-corrected chi connectivity index (χ2v) is 11.4. The molecule has 1 aliphatic rings. The Morgan fingerprint density at radius 1 is 1.21 bits per heavy atom. The maximum atomic E-state index is 12.9. The van der Waals surface area contributed by atoms with Gasteiger partial charge in [-0.05, 0) is 43.7 Å². The number of aryl methyl sites for hydroxylation is 1. The summed E-state index contributed by atoms with van der Waals surface area (Å²) in [5.74, 6) is 0.681. The lowest BCUT2D eigenvalue weighted by molar-refractivity contribution is -0.141. The van der Waals surface area contributed by atoms with E-state index in [-0.39, 0.29) is 12.6 Å². The van der Waals surface area contributed by atoms with Crippen molar-refractivity contribution in [2.24, 2.45) is 5.73 Å². The number of hydrogen-bond acceptors (Lipinski definition) is 6. The average molecular weight is 565 g/mol. The first-order chi connectivity index (χ1) is 17.8. The zero-order valence-electron chi connectivity index (χ0n) is 20.5. The Morgan fingerprint density at radius 3 is 2.63 bits per heavy atom. The molecular formula is C26H24ClF3N4O3S. The molecule has 0 spiro atoms. The molecule has 1 aromatic carbocycles. The zero-order chi connectivity index (χ0) is 27.4. The summed E-state index contributed by atoms with van der Waals surface area (Å²) in [6, 6.07) is 8.24. The summed E-state index contributed by atoms with van der Waals surface area (Å²) >= 11 is 7.73. The highest BCUT2D eigenvalue weighted by Gasteiger charge is 2.41. The van der Waals surface area contributed by atoms with Crippen molar-refractivity contribution in [2.75, 3.05) is 0 Å². The number of hydrogen-bond donors (Lipinski definition) is 1. The van der Waals surface area contributed by atoms with Crippen molar-refractivity contribution >= 4 is 33.2 Å². The summed E-state index contributed by atoms with van der Waals surface area (Å²) < 4.78 is 47.2. The van der Waals surface area contributed by atoms with Crippen LogP contribution in [-0.2, 0) is 13.1 Å². The van der Waals surface area contributed by atoms with E-state index < -0.39 is 29.6 Å². The molecule has 1 fully saturated rings. The van der Waals surface area contributed by atoms with Crippen LogP contribution in [0.2, 0.25) is 5.02 Å². The van der Waals surface area contributed by atoms with Gasteiger partial charge in [0.05, 0.1) is 16.8 Å². The van der Waals surface area contributed by atoms with Gasteiger partial charge in [0.2, 0.25) is 0 Å². The summed E-state index contributed by atoms with van der Waals surface area (Å²) in [6.07, 6.45) is -0.654. The van der Waals surface area contributed by atoms with Gasteiger partial charge in [0.25, 0.3) is 5.56 Å². The highest BCUT2D eigenvalue weighted by molar-refractivity contribution is 7.19. The monoisotopic (exact) mass is 564 g/mol. The van der Waals surface area contributed by atoms with E-state index in [0.29, 0.717) is 25.7 Å². The van der Waals surface area contributed by atoms with Crippen molar-refractivity contribution in [3.05, 3.63) is 79.0 Å². The second kappa shape index (κ2) is 9.55. The molecule has 2 N–H and O–H groups in total. The van der Waals surface area contributed by atoms with Crippen LogP contribution in [0.1, 0.15) is 30.2 Å². The summed E-state index contributed by atoms with van der Waals surface area (Å²) in [5, 5.41) is 0.531. The third-order valence-corrected chi connectivity index (χ3v) is 7.89. The lowest BCUT2D eigenvalue weighted by atomic mass is 9.77. The van der Waals surface area contributed by atoms with Crippen molar-refractivity contribution in [1.82, 2.24) is 14.1 Å². The number of nitrogens with two attached hydrogens (primary N) is 1. The van der Waals surface area contributed by atoms with Crippen LogP contribution in [0, 0.1) is 6.92 Å². The number of pyridine rings is 1. The van der Waals surface area contributed by atoms with Gasteiger partial charge in [0.1, 0.15) is 17.9 Å². The van der Waals surface area contributed by atoms with Gasteiger partial charge < -0.3 is 10.5 Å². The van der Waals surface area contributed by atoms with Gasteiger partial charge in [0, 0.05) is 58.4 Å². The normalized spacial score (nSPS) is 19.5. The van der Waals surface area contributed by atoms with E-state index in [1.807, 2.05) is 32.0 Å².